The van der Waals surface area contributed by atoms with Crippen molar-refractivity contribution in [1.82, 2.24) is 15.0 Å². The Labute approximate surface area is 186 Å². The van der Waals surface area contributed by atoms with Crippen LogP contribution < -0.4 is 20.5 Å². The van der Waals surface area contributed by atoms with Crippen molar-refractivity contribution in [2.45, 2.75) is 30.1 Å². The summed E-state index contributed by atoms with van der Waals surface area (Å²) in [7, 11) is 0. The fourth-order valence-electron chi connectivity index (χ4n) is 3.54. The molecule has 0 bridgehead atoms. The summed E-state index contributed by atoms with van der Waals surface area (Å²) >= 11 is 0.846. The van der Waals surface area contributed by atoms with Gasteiger partial charge in [-0.05, 0) is 13.0 Å². The fourth-order valence-corrected chi connectivity index (χ4v) is 4.64. The third-order valence-corrected chi connectivity index (χ3v) is 6.08. The van der Waals surface area contributed by atoms with Gasteiger partial charge in [-0.2, -0.15) is 0 Å². The van der Waals surface area contributed by atoms with E-state index in [1.165, 1.54) is 25.5 Å². The SMILES string of the molecule is C#CCOc1cnc(C(=O)Nc2cnc3c(c2)[C@]2(CO3)C[C@](C)(C(F)F)SC(N)=N2)cn1. The van der Waals surface area contributed by atoms with Crippen molar-refractivity contribution in [3.8, 4) is 24.1 Å². The first-order chi connectivity index (χ1) is 15.2. The number of thioether (sulfide) groups is 1. The number of amidine groups is 1. The molecule has 32 heavy (non-hydrogen) atoms. The molecular weight excluding hydrogens is 442 g/mol. The molecule has 0 aromatic carbocycles. The molecule has 0 aliphatic carbocycles. The van der Waals surface area contributed by atoms with Crippen molar-refractivity contribution in [3.05, 3.63) is 35.9 Å². The third-order valence-electron chi connectivity index (χ3n) is 4.99. The number of terminal acetylenes is 1. The second kappa shape index (κ2) is 8.23. The molecule has 0 saturated heterocycles. The number of alkyl halides is 2. The molecule has 0 saturated carbocycles. The predicted molar refractivity (Wildman–Crippen MR) is 114 cm³/mol. The lowest BCUT2D eigenvalue weighted by molar-refractivity contribution is 0.0839. The fraction of sp³-hybridized carbons (Fsp3) is 0.350. The molecule has 4 rings (SSSR count). The standard InChI is InChI=1S/C20H18F2N6O3S/c1-3-4-30-14-8-24-13(7-25-14)15(29)27-11-5-12-16(26-6-11)31-10-20(12)9-19(2,17(21)22)32-18(23)28-20/h1,5-8,17H,4,9-10H2,2H3,(H2,23,28)(H,27,29)/t19-,20-/m1/s1. The third kappa shape index (κ3) is 4.03. The Hall–Kier alpha value is -3.46. The number of ether oxygens (including phenoxy) is 2. The number of pyridine rings is 1. The van der Waals surface area contributed by atoms with Gasteiger partial charge in [0.2, 0.25) is 11.8 Å². The maximum atomic E-state index is 13.8. The summed E-state index contributed by atoms with van der Waals surface area (Å²) in [6.45, 7) is 1.50. The maximum absolute atomic E-state index is 13.8. The van der Waals surface area contributed by atoms with E-state index in [4.69, 9.17) is 21.6 Å². The molecule has 0 radical (unpaired) electrons. The van der Waals surface area contributed by atoms with Gasteiger partial charge < -0.3 is 20.5 Å². The summed E-state index contributed by atoms with van der Waals surface area (Å²) in [5, 5.41) is 2.71. The summed E-state index contributed by atoms with van der Waals surface area (Å²) < 4.78 is 36.8. The number of nitrogens with one attached hydrogen (secondary N) is 1. The first kappa shape index (κ1) is 21.8. The molecule has 9 nitrogen and oxygen atoms in total. The average Bonchev–Trinajstić information content (AvgIpc) is 3.08. The molecule has 0 unspecified atom stereocenters. The Bertz CT molecular complexity index is 1120. The van der Waals surface area contributed by atoms with E-state index in [2.05, 4.69) is 31.2 Å². The second-order valence-corrected chi connectivity index (χ2v) is 8.98. The molecule has 2 aliphatic rings. The topological polar surface area (TPSA) is 125 Å². The first-order valence-electron chi connectivity index (χ1n) is 9.40. The molecule has 12 heteroatoms. The van der Waals surface area contributed by atoms with Gasteiger partial charge in [-0.15, -0.1) is 6.42 Å². The van der Waals surface area contributed by atoms with Gasteiger partial charge >= 0.3 is 0 Å². The number of amides is 1. The molecule has 1 amide bonds. The van der Waals surface area contributed by atoms with Crippen LogP contribution in [0.25, 0.3) is 0 Å². The Morgan fingerprint density at radius 2 is 2.22 bits per heavy atom. The van der Waals surface area contributed by atoms with Crippen molar-refractivity contribution >= 4 is 28.5 Å². The minimum atomic E-state index is -2.62. The number of halogens is 2. The van der Waals surface area contributed by atoms with Crippen LogP contribution in [0.4, 0.5) is 14.5 Å². The molecule has 2 atom stereocenters. The smallest absolute Gasteiger partial charge is 0.275 e. The average molecular weight is 460 g/mol. The van der Waals surface area contributed by atoms with Crippen LogP contribution in [0.2, 0.25) is 0 Å². The summed E-state index contributed by atoms with van der Waals surface area (Å²) in [5.41, 5.74) is 5.62. The quantitative estimate of drug-likeness (QED) is 0.651. The van der Waals surface area contributed by atoms with Gasteiger partial charge in [0.1, 0.15) is 17.8 Å². The number of carbonyl (C=O) groups excluding carboxylic acids is 1. The van der Waals surface area contributed by atoms with E-state index in [1.54, 1.807) is 6.07 Å². The maximum Gasteiger partial charge on any atom is 0.275 e. The van der Waals surface area contributed by atoms with Gasteiger partial charge in [0.05, 0.1) is 29.0 Å². The van der Waals surface area contributed by atoms with Crippen molar-refractivity contribution < 1.29 is 23.0 Å². The van der Waals surface area contributed by atoms with Crippen LogP contribution in [0, 0.1) is 12.3 Å². The van der Waals surface area contributed by atoms with Crippen LogP contribution in [-0.2, 0) is 5.54 Å². The number of hydrogen-bond acceptors (Lipinski definition) is 9. The highest BCUT2D eigenvalue weighted by atomic mass is 32.2. The van der Waals surface area contributed by atoms with Gasteiger partial charge in [-0.3, -0.25) is 4.79 Å². The Morgan fingerprint density at radius 1 is 1.41 bits per heavy atom. The van der Waals surface area contributed by atoms with Crippen molar-refractivity contribution in [2.24, 2.45) is 10.7 Å². The van der Waals surface area contributed by atoms with Crippen molar-refractivity contribution in [3.63, 3.8) is 0 Å². The monoisotopic (exact) mass is 460 g/mol. The number of nitrogens with zero attached hydrogens (tertiary/aromatic N) is 4. The largest absolute Gasteiger partial charge is 0.474 e. The molecule has 2 aliphatic heterocycles. The van der Waals surface area contributed by atoms with Crippen LogP contribution >= 0.6 is 11.8 Å². The number of rotatable bonds is 5. The highest BCUT2D eigenvalue weighted by Crippen LogP contribution is 2.52. The van der Waals surface area contributed by atoms with E-state index in [0.717, 1.165) is 11.8 Å². The number of fused-ring (bicyclic) bond motifs is 2. The van der Waals surface area contributed by atoms with Crippen LogP contribution in [0.5, 0.6) is 11.8 Å². The molecular formula is C20H18F2N6O3S. The zero-order chi connectivity index (χ0) is 22.9. The van der Waals surface area contributed by atoms with E-state index < -0.39 is 22.6 Å². The predicted octanol–water partition coefficient (Wildman–Crippen LogP) is 2.20. The van der Waals surface area contributed by atoms with Gasteiger partial charge in [0.15, 0.2) is 11.8 Å². The van der Waals surface area contributed by atoms with E-state index in [1.807, 2.05) is 0 Å². The normalized spacial score (nSPS) is 23.8. The number of anilines is 1. The highest BCUT2D eigenvalue weighted by Gasteiger charge is 2.53. The van der Waals surface area contributed by atoms with E-state index >= 15 is 0 Å². The van der Waals surface area contributed by atoms with Gasteiger partial charge in [0, 0.05) is 12.0 Å². The minimum Gasteiger partial charge on any atom is -0.474 e. The number of nitrogens with two attached hydrogens (primary N) is 1. The molecule has 3 N–H and O–H groups in total. The van der Waals surface area contributed by atoms with E-state index in [0.29, 0.717) is 11.3 Å². The lowest BCUT2D eigenvalue weighted by Crippen LogP contribution is -2.46. The lowest BCUT2D eigenvalue weighted by atomic mass is 9.84. The van der Waals surface area contributed by atoms with Crippen LogP contribution in [0.15, 0.2) is 29.6 Å². The Morgan fingerprint density at radius 3 is 2.91 bits per heavy atom. The molecule has 2 aromatic rings. The van der Waals surface area contributed by atoms with Gasteiger partial charge in [-0.25, -0.2) is 28.7 Å². The summed E-state index contributed by atoms with van der Waals surface area (Å²) in [6, 6.07) is 1.60. The van der Waals surface area contributed by atoms with Crippen LogP contribution in [-0.4, -0.2) is 50.4 Å². The second-order valence-electron chi connectivity index (χ2n) is 7.43. The van der Waals surface area contributed by atoms with E-state index in [9.17, 15) is 13.6 Å². The van der Waals surface area contributed by atoms with Gasteiger partial charge in [0.25, 0.3) is 12.3 Å². The Kier molecular flexibility index (Phi) is 5.60. The molecule has 2 aromatic heterocycles. The summed E-state index contributed by atoms with van der Waals surface area (Å²) in [4.78, 5) is 29.2. The first-order valence-corrected chi connectivity index (χ1v) is 10.2. The summed E-state index contributed by atoms with van der Waals surface area (Å²) in [5.74, 6) is 2.20. The van der Waals surface area contributed by atoms with Crippen LogP contribution in [0.1, 0.15) is 29.4 Å². The van der Waals surface area contributed by atoms with Gasteiger partial charge in [-0.1, -0.05) is 17.7 Å². The zero-order valence-electron chi connectivity index (χ0n) is 16.8. The van der Waals surface area contributed by atoms with Crippen molar-refractivity contribution in [1.29, 1.82) is 0 Å². The summed E-state index contributed by atoms with van der Waals surface area (Å²) in [6.07, 6.45) is 6.40. The van der Waals surface area contributed by atoms with Crippen LogP contribution in [0.3, 0.4) is 0 Å². The Balaban J connectivity index is 1.57. The molecule has 4 heterocycles. The highest BCUT2D eigenvalue weighted by molar-refractivity contribution is 8.15. The number of carbonyl (C=O) groups is 1. The minimum absolute atomic E-state index is 0.000290. The number of aromatic nitrogens is 3. The zero-order valence-corrected chi connectivity index (χ0v) is 17.7. The van der Waals surface area contributed by atoms with E-state index in [-0.39, 0.29) is 42.3 Å². The molecule has 166 valence electrons. The van der Waals surface area contributed by atoms with Crippen molar-refractivity contribution in [2.75, 3.05) is 18.5 Å². The molecule has 1 spiro atoms. The lowest BCUT2D eigenvalue weighted by Gasteiger charge is -2.39. The number of aliphatic imine (C=N–C) groups is 1. The molecule has 0 fully saturated rings. The number of hydrogen-bond donors (Lipinski definition) is 2.